The summed E-state index contributed by atoms with van der Waals surface area (Å²) in [4.78, 5) is 8.83. The normalized spacial score (nSPS) is 17.1. The van der Waals surface area contributed by atoms with E-state index in [1.807, 2.05) is 6.07 Å². The lowest BCUT2D eigenvalue weighted by atomic mass is 9.80. The molecule has 106 valence electrons. The van der Waals surface area contributed by atoms with Gasteiger partial charge in [-0.05, 0) is 19.3 Å². The van der Waals surface area contributed by atoms with Crippen LogP contribution in [-0.2, 0) is 4.74 Å². The minimum atomic E-state index is -0.0285. The van der Waals surface area contributed by atoms with E-state index in [9.17, 15) is 0 Å². The van der Waals surface area contributed by atoms with Crippen molar-refractivity contribution < 1.29 is 4.74 Å². The molecule has 0 saturated heterocycles. The Labute approximate surface area is 114 Å². The quantitative estimate of drug-likeness (QED) is 0.538. The highest BCUT2D eigenvalue weighted by Crippen LogP contribution is 2.35. The lowest BCUT2D eigenvalue weighted by molar-refractivity contribution is -0.0601. The van der Waals surface area contributed by atoms with E-state index in [2.05, 4.69) is 34.6 Å². The molecule has 6 heteroatoms. The fourth-order valence-electron chi connectivity index (χ4n) is 2.16. The topological polar surface area (TPSA) is 85.1 Å². The van der Waals surface area contributed by atoms with Crippen molar-refractivity contribution in [1.82, 2.24) is 9.97 Å². The Balaban J connectivity index is 2.08. The van der Waals surface area contributed by atoms with Gasteiger partial charge in [0.25, 0.3) is 0 Å². The first-order chi connectivity index (χ1) is 9.08. The van der Waals surface area contributed by atoms with Gasteiger partial charge in [-0.3, -0.25) is 0 Å². The molecular weight excluding hydrogens is 242 g/mol. The number of hydrogen-bond donors (Lipinski definition) is 3. The molecule has 6 nitrogen and oxygen atoms in total. The summed E-state index contributed by atoms with van der Waals surface area (Å²) in [5.74, 6) is 7.89. The number of methoxy groups -OCH3 is 1. The van der Waals surface area contributed by atoms with E-state index >= 15 is 0 Å². The van der Waals surface area contributed by atoms with Crippen molar-refractivity contribution in [3.8, 4) is 0 Å². The van der Waals surface area contributed by atoms with Crippen molar-refractivity contribution in [2.75, 3.05) is 24.4 Å². The maximum Gasteiger partial charge on any atom is 0.145 e. The molecule has 1 aromatic rings. The third-order valence-electron chi connectivity index (χ3n) is 3.70. The van der Waals surface area contributed by atoms with Crippen molar-refractivity contribution >= 4 is 11.6 Å². The molecule has 1 aliphatic rings. The maximum absolute atomic E-state index is 5.58. The summed E-state index contributed by atoms with van der Waals surface area (Å²) in [6.45, 7) is 4.88. The van der Waals surface area contributed by atoms with Crippen LogP contribution in [0.4, 0.5) is 11.6 Å². The van der Waals surface area contributed by atoms with Gasteiger partial charge < -0.3 is 15.5 Å². The van der Waals surface area contributed by atoms with E-state index < -0.39 is 0 Å². The van der Waals surface area contributed by atoms with E-state index in [0.717, 1.165) is 31.0 Å². The zero-order valence-corrected chi connectivity index (χ0v) is 11.9. The average molecular weight is 265 g/mol. The van der Waals surface area contributed by atoms with Crippen LogP contribution < -0.4 is 16.6 Å². The molecule has 0 aromatic carbocycles. The second-order valence-electron chi connectivity index (χ2n) is 5.39. The van der Waals surface area contributed by atoms with Crippen LogP contribution in [0.2, 0.25) is 0 Å². The number of aromatic nitrogens is 2. The van der Waals surface area contributed by atoms with Crippen LogP contribution in [0.1, 0.15) is 44.9 Å². The largest absolute Gasteiger partial charge is 0.376 e. The predicted molar refractivity (Wildman–Crippen MR) is 76.0 cm³/mol. The smallest absolute Gasteiger partial charge is 0.145 e. The summed E-state index contributed by atoms with van der Waals surface area (Å²) in [6.07, 6.45) is 3.42. The molecule has 1 fully saturated rings. The molecule has 0 amide bonds. The standard InChI is InChI=1S/C13H23N5O/c1-9(2)12-16-10(7-11(17-12)18-14)15-8-13(19-3)5-4-6-13/h7,9H,4-6,8,14H2,1-3H3,(H2,15,16,17,18). The van der Waals surface area contributed by atoms with Crippen LogP contribution >= 0.6 is 0 Å². The molecule has 0 bridgehead atoms. The van der Waals surface area contributed by atoms with Gasteiger partial charge in [-0.2, -0.15) is 0 Å². The van der Waals surface area contributed by atoms with Gasteiger partial charge in [0, 0.05) is 25.6 Å². The molecule has 0 atom stereocenters. The van der Waals surface area contributed by atoms with Gasteiger partial charge in [-0.1, -0.05) is 13.8 Å². The van der Waals surface area contributed by atoms with Crippen molar-refractivity contribution in [2.24, 2.45) is 5.84 Å². The number of anilines is 2. The number of nitrogens with two attached hydrogens (primary N) is 1. The van der Waals surface area contributed by atoms with Crippen molar-refractivity contribution in [2.45, 2.75) is 44.6 Å². The number of nitrogens with one attached hydrogen (secondary N) is 2. The fourth-order valence-corrected chi connectivity index (χ4v) is 2.16. The lowest BCUT2D eigenvalue weighted by Crippen LogP contribution is -2.45. The van der Waals surface area contributed by atoms with Crippen LogP contribution in [0.5, 0.6) is 0 Å². The number of hydrogen-bond acceptors (Lipinski definition) is 6. The van der Waals surface area contributed by atoms with Crippen molar-refractivity contribution in [3.63, 3.8) is 0 Å². The SMILES string of the molecule is COC1(CNc2cc(NN)nc(C(C)C)n2)CCC1. The zero-order valence-electron chi connectivity index (χ0n) is 11.9. The fraction of sp³-hybridized carbons (Fsp3) is 0.692. The summed E-state index contributed by atoms with van der Waals surface area (Å²) in [6, 6.07) is 1.81. The average Bonchev–Trinajstić information content (AvgIpc) is 2.37. The lowest BCUT2D eigenvalue weighted by Gasteiger charge is -2.40. The summed E-state index contributed by atoms with van der Waals surface area (Å²) in [5.41, 5.74) is 2.55. The Hall–Kier alpha value is -1.40. The Kier molecular flexibility index (Phi) is 4.21. The predicted octanol–water partition coefficient (Wildman–Crippen LogP) is 1.87. The second kappa shape index (κ2) is 5.71. The Morgan fingerprint density at radius 3 is 2.53 bits per heavy atom. The highest BCUT2D eigenvalue weighted by Gasteiger charge is 2.36. The molecule has 4 N–H and O–H groups in total. The molecule has 0 radical (unpaired) electrons. The Morgan fingerprint density at radius 1 is 1.37 bits per heavy atom. The third kappa shape index (κ3) is 3.13. The third-order valence-corrected chi connectivity index (χ3v) is 3.70. The van der Waals surface area contributed by atoms with Crippen LogP contribution in [0.25, 0.3) is 0 Å². The number of ether oxygens (including phenoxy) is 1. The summed E-state index contributed by atoms with van der Waals surface area (Å²) in [7, 11) is 1.77. The molecule has 1 aliphatic carbocycles. The van der Waals surface area contributed by atoms with Gasteiger partial charge >= 0.3 is 0 Å². The second-order valence-corrected chi connectivity index (χ2v) is 5.39. The minimum Gasteiger partial charge on any atom is -0.376 e. The molecule has 1 saturated carbocycles. The number of hydrazine groups is 1. The molecule has 1 aromatic heterocycles. The first kappa shape index (κ1) is 14.0. The van der Waals surface area contributed by atoms with E-state index in [0.29, 0.717) is 5.82 Å². The summed E-state index contributed by atoms with van der Waals surface area (Å²) >= 11 is 0. The van der Waals surface area contributed by atoms with Crippen LogP contribution in [-0.4, -0.2) is 29.2 Å². The minimum absolute atomic E-state index is 0.0285. The van der Waals surface area contributed by atoms with Crippen LogP contribution in [0.3, 0.4) is 0 Å². The van der Waals surface area contributed by atoms with Gasteiger partial charge in [-0.15, -0.1) is 0 Å². The van der Waals surface area contributed by atoms with Gasteiger partial charge in [0.2, 0.25) is 0 Å². The van der Waals surface area contributed by atoms with E-state index in [1.54, 1.807) is 7.11 Å². The Bertz CT molecular complexity index is 426. The van der Waals surface area contributed by atoms with Gasteiger partial charge in [0.1, 0.15) is 17.5 Å². The molecule has 19 heavy (non-hydrogen) atoms. The zero-order chi connectivity index (χ0) is 13.9. The molecule has 0 aliphatic heterocycles. The van der Waals surface area contributed by atoms with Gasteiger partial charge in [0.15, 0.2) is 0 Å². The summed E-state index contributed by atoms with van der Waals surface area (Å²) in [5, 5.41) is 3.34. The van der Waals surface area contributed by atoms with Crippen LogP contribution in [0.15, 0.2) is 6.07 Å². The highest BCUT2D eigenvalue weighted by atomic mass is 16.5. The molecule has 2 rings (SSSR count). The van der Waals surface area contributed by atoms with Gasteiger partial charge in [0.05, 0.1) is 5.60 Å². The number of nitrogen functional groups attached to an aromatic ring is 1. The highest BCUT2D eigenvalue weighted by molar-refractivity contribution is 5.47. The maximum atomic E-state index is 5.58. The van der Waals surface area contributed by atoms with Gasteiger partial charge in [-0.25, -0.2) is 15.8 Å². The van der Waals surface area contributed by atoms with Crippen molar-refractivity contribution in [3.05, 3.63) is 11.9 Å². The van der Waals surface area contributed by atoms with E-state index in [-0.39, 0.29) is 11.5 Å². The van der Waals surface area contributed by atoms with Crippen molar-refractivity contribution in [1.29, 1.82) is 0 Å². The first-order valence-electron chi connectivity index (χ1n) is 6.73. The molecule has 0 spiro atoms. The number of rotatable bonds is 6. The molecule has 1 heterocycles. The number of nitrogens with zero attached hydrogens (tertiary/aromatic N) is 2. The monoisotopic (exact) mass is 265 g/mol. The Morgan fingerprint density at radius 2 is 2.05 bits per heavy atom. The first-order valence-corrected chi connectivity index (χ1v) is 6.73. The van der Waals surface area contributed by atoms with Crippen LogP contribution in [0, 0.1) is 0 Å². The summed E-state index contributed by atoms with van der Waals surface area (Å²) < 4.78 is 5.58. The van der Waals surface area contributed by atoms with E-state index in [1.165, 1.54) is 6.42 Å². The molecule has 0 unspecified atom stereocenters. The molecular formula is C13H23N5O. The van der Waals surface area contributed by atoms with E-state index in [4.69, 9.17) is 10.6 Å².